The molecule has 4 rings (SSSR count). The van der Waals surface area contributed by atoms with Gasteiger partial charge in [-0.3, -0.25) is 19.3 Å². The fourth-order valence-electron chi connectivity index (χ4n) is 3.49. The number of fused-ring (bicyclic) bond motifs is 3. The second kappa shape index (κ2) is 6.99. The standard InChI is InChI=1S/C21H19FN4O2/c1-12-9-18-14(10-15(12)22)20(16-5-3-4-8-23-16)25-17(6-7-19(27)28)21-24-11-13(2)26(18)21/h3-5,8-11,17H,6-7H2,1-2H3,(H,27,28)/t17-/m0/s1. The van der Waals surface area contributed by atoms with E-state index in [9.17, 15) is 9.18 Å². The molecule has 7 heteroatoms. The lowest BCUT2D eigenvalue weighted by Gasteiger charge is -2.15. The molecule has 1 aromatic carbocycles. The summed E-state index contributed by atoms with van der Waals surface area (Å²) in [4.78, 5) is 24.9. The van der Waals surface area contributed by atoms with Gasteiger partial charge in [0.05, 0.1) is 17.1 Å². The number of rotatable bonds is 4. The highest BCUT2D eigenvalue weighted by Crippen LogP contribution is 2.34. The third kappa shape index (κ3) is 3.09. The van der Waals surface area contributed by atoms with Crippen molar-refractivity contribution in [3.8, 4) is 5.69 Å². The number of aliphatic imine (C=N–C) groups is 1. The van der Waals surface area contributed by atoms with Crippen LogP contribution >= 0.6 is 0 Å². The molecule has 3 aromatic rings. The molecule has 0 saturated carbocycles. The van der Waals surface area contributed by atoms with Crippen LogP contribution in [0.3, 0.4) is 0 Å². The number of hydrogen-bond acceptors (Lipinski definition) is 4. The normalized spacial score (nSPS) is 15.4. The van der Waals surface area contributed by atoms with Crippen molar-refractivity contribution in [1.82, 2.24) is 14.5 Å². The number of hydrogen-bond donors (Lipinski definition) is 1. The smallest absolute Gasteiger partial charge is 0.303 e. The molecular formula is C21H19FN4O2. The van der Waals surface area contributed by atoms with E-state index >= 15 is 0 Å². The molecule has 0 bridgehead atoms. The fraction of sp³-hybridized carbons (Fsp3) is 0.238. The van der Waals surface area contributed by atoms with Gasteiger partial charge in [-0.05, 0) is 50.1 Å². The van der Waals surface area contributed by atoms with Gasteiger partial charge in [-0.2, -0.15) is 0 Å². The SMILES string of the molecule is Cc1cc2c(cc1F)C(c1ccccn1)=N[C@@H](CCC(=O)O)c1ncc(C)n1-2. The number of aliphatic carboxylic acids is 1. The van der Waals surface area contributed by atoms with Crippen LogP contribution in [0.1, 0.15) is 47.2 Å². The number of halogens is 1. The number of carbonyl (C=O) groups is 1. The van der Waals surface area contributed by atoms with Crippen molar-refractivity contribution in [1.29, 1.82) is 0 Å². The Morgan fingerprint density at radius 1 is 1.25 bits per heavy atom. The lowest BCUT2D eigenvalue weighted by Crippen LogP contribution is -2.10. The van der Waals surface area contributed by atoms with Gasteiger partial charge < -0.3 is 5.11 Å². The van der Waals surface area contributed by atoms with Crippen LogP contribution in [0.25, 0.3) is 5.69 Å². The molecule has 0 fully saturated rings. The van der Waals surface area contributed by atoms with E-state index in [1.165, 1.54) is 6.07 Å². The zero-order valence-electron chi connectivity index (χ0n) is 15.6. The number of imidazole rings is 1. The van der Waals surface area contributed by atoms with E-state index in [0.29, 0.717) is 28.4 Å². The van der Waals surface area contributed by atoms with Crippen LogP contribution in [0, 0.1) is 19.7 Å². The second-order valence-corrected chi connectivity index (χ2v) is 6.85. The maximum Gasteiger partial charge on any atom is 0.303 e. The molecule has 1 aliphatic heterocycles. The zero-order valence-corrected chi connectivity index (χ0v) is 15.6. The van der Waals surface area contributed by atoms with Crippen molar-refractivity contribution in [2.45, 2.75) is 32.7 Å². The summed E-state index contributed by atoms with van der Waals surface area (Å²) in [6.07, 6.45) is 3.63. The number of carboxylic acids is 1. The maximum absolute atomic E-state index is 14.5. The van der Waals surface area contributed by atoms with E-state index in [0.717, 1.165) is 11.4 Å². The van der Waals surface area contributed by atoms with Gasteiger partial charge in [0.15, 0.2) is 0 Å². The van der Waals surface area contributed by atoms with Crippen molar-refractivity contribution < 1.29 is 14.3 Å². The quantitative estimate of drug-likeness (QED) is 0.749. The molecule has 0 spiro atoms. The molecule has 0 aliphatic carbocycles. The Morgan fingerprint density at radius 3 is 2.79 bits per heavy atom. The summed E-state index contributed by atoms with van der Waals surface area (Å²) < 4.78 is 16.4. The van der Waals surface area contributed by atoms with Gasteiger partial charge in [0.1, 0.15) is 17.7 Å². The van der Waals surface area contributed by atoms with Crippen molar-refractivity contribution >= 4 is 11.7 Å². The predicted octanol–water partition coefficient (Wildman–Crippen LogP) is 3.78. The van der Waals surface area contributed by atoms with Crippen LogP contribution in [-0.2, 0) is 4.79 Å². The minimum atomic E-state index is -0.895. The van der Waals surface area contributed by atoms with Crippen molar-refractivity contribution in [2.75, 3.05) is 0 Å². The number of carboxylic acid groups (broad SMARTS) is 1. The lowest BCUT2D eigenvalue weighted by atomic mass is 10.0. The average Bonchev–Trinajstić information content (AvgIpc) is 2.99. The molecule has 0 unspecified atom stereocenters. The van der Waals surface area contributed by atoms with Gasteiger partial charge >= 0.3 is 5.97 Å². The van der Waals surface area contributed by atoms with Gasteiger partial charge in [-0.15, -0.1) is 0 Å². The molecule has 1 atom stereocenters. The Hall–Kier alpha value is -3.35. The first-order valence-corrected chi connectivity index (χ1v) is 9.02. The van der Waals surface area contributed by atoms with Crippen LogP contribution < -0.4 is 0 Å². The topological polar surface area (TPSA) is 80.4 Å². The monoisotopic (exact) mass is 378 g/mol. The molecule has 6 nitrogen and oxygen atoms in total. The summed E-state index contributed by atoms with van der Waals surface area (Å²) in [7, 11) is 0. The highest BCUT2D eigenvalue weighted by molar-refractivity contribution is 6.14. The predicted molar refractivity (Wildman–Crippen MR) is 102 cm³/mol. The summed E-state index contributed by atoms with van der Waals surface area (Å²) in [5.74, 6) is -0.573. The van der Waals surface area contributed by atoms with E-state index < -0.39 is 12.0 Å². The maximum atomic E-state index is 14.5. The first kappa shape index (κ1) is 18.0. The Morgan fingerprint density at radius 2 is 2.07 bits per heavy atom. The molecular weight excluding hydrogens is 359 g/mol. The minimum Gasteiger partial charge on any atom is -0.481 e. The molecule has 1 N–H and O–H groups in total. The Balaban J connectivity index is 2.00. The molecule has 2 aromatic heterocycles. The number of benzene rings is 1. The van der Waals surface area contributed by atoms with E-state index in [2.05, 4.69) is 9.97 Å². The summed E-state index contributed by atoms with van der Waals surface area (Å²) >= 11 is 0. The van der Waals surface area contributed by atoms with E-state index in [4.69, 9.17) is 10.1 Å². The largest absolute Gasteiger partial charge is 0.481 e. The molecule has 3 heterocycles. The molecule has 0 radical (unpaired) electrons. The first-order valence-electron chi connectivity index (χ1n) is 9.02. The second-order valence-electron chi connectivity index (χ2n) is 6.85. The number of pyridine rings is 1. The fourth-order valence-corrected chi connectivity index (χ4v) is 3.49. The molecule has 0 saturated heterocycles. The highest BCUT2D eigenvalue weighted by atomic mass is 19.1. The Labute approximate surface area is 161 Å². The lowest BCUT2D eigenvalue weighted by molar-refractivity contribution is -0.137. The summed E-state index contributed by atoms with van der Waals surface area (Å²) in [6.45, 7) is 3.63. The first-order chi connectivity index (χ1) is 13.5. The number of aryl methyl sites for hydroxylation is 2. The van der Waals surface area contributed by atoms with Crippen molar-refractivity contribution in [3.63, 3.8) is 0 Å². The van der Waals surface area contributed by atoms with Crippen molar-refractivity contribution in [2.24, 2.45) is 4.99 Å². The van der Waals surface area contributed by atoms with Crippen LogP contribution in [0.5, 0.6) is 0 Å². The highest BCUT2D eigenvalue weighted by Gasteiger charge is 2.28. The van der Waals surface area contributed by atoms with Crippen molar-refractivity contribution in [3.05, 3.63) is 76.9 Å². The van der Waals surface area contributed by atoms with Gasteiger partial charge in [-0.25, -0.2) is 9.37 Å². The van der Waals surface area contributed by atoms with Crippen LogP contribution in [0.4, 0.5) is 4.39 Å². The van der Waals surface area contributed by atoms with E-state index in [1.807, 2.05) is 23.6 Å². The van der Waals surface area contributed by atoms with E-state index in [-0.39, 0.29) is 18.7 Å². The number of aromatic nitrogens is 3. The van der Waals surface area contributed by atoms with Gasteiger partial charge in [0, 0.05) is 30.1 Å². The number of nitrogens with zero attached hydrogens (tertiary/aromatic N) is 4. The third-order valence-electron chi connectivity index (χ3n) is 4.86. The molecule has 1 aliphatic rings. The Bertz CT molecular complexity index is 1090. The van der Waals surface area contributed by atoms with Gasteiger partial charge in [0.25, 0.3) is 0 Å². The van der Waals surface area contributed by atoms with E-state index in [1.54, 1.807) is 31.5 Å². The zero-order chi connectivity index (χ0) is 19.8. The molecule has 28 heavy (non-hydrogen) atoms. The third-order valence-corrected chi connectivity index (χ3v) is 4.86. The minimum absolute atomic E-state index is 0.0424. The Kier molecular flexibility index (Phi) is 4.50. The summed E-state index contributed by atoms with van der Waals surface area (Å²) in [6, 6.07) is 8.24. The van der Waals surface area contributed by atoms with Crippen LogP contribution in [0.15, 0.2) is 47.7 Å². The summed E-state index contributed by atoms with van der Waals surface area (Å²) in [5, 5.41) is 9.16. The van der Waals surface area contributed by atoms with Crippen LogP contribution in [-0.4, -0.2) is 31.3 Å². The average molecular weight is 378 g/mol. The van der Waals surface area contributed by atoms with Crippen LogP contribution in [0.2, 0.25) is 0 Å². The molecule has 0 amide bonds. The summed E-state index contributed by atoms with van der Waals surface area (Å²) in [5.41, 5.74) is 3.92. The molecule has 142 valence electrons. The van der Waals surface area contributed by atoms with Gasteiger partial charge in [0.2, 0.25) is 0 Å². The van der Waals surface area contributed by atoms with Gasteiger partial charge in [-0.1, -0.05) is 6.07 Å².